The van der Waals surface area contributed by atoms with Crippen molar-refractivity contribution in [1.82, 2.24) is 0 Å². The molecule has 0 saturated carbocycles. The monoisotopic (exact) mass is 304 g/mol. The van der Waals surface area contributed by atoms with Gasteiger partial charge in [-0.1, -0.05) is 6.08 Å². The number of hydrogen-bond donors (Lipinski definition) is 1. The fourth-order valence-electron chi connectivity index (χ4n) is 2.23. The van der Waals surface area contributed by atoms with Gasteiger partial charge in [0.1, 0.15) is 6.10 Å². The van der Waals surface area contributed by atoms with Crippen LogP contribution in [0.2, 0.25) is 0 Å². The quantitative estimate of drug-likeness (QED) is 0.556. The van der Waals surface area contributed by atoms with E-state index < -0.39 is 6.10 Å². The molecular formula is C18H28N2O2. The summed E-state index contributed by atoms with van der Waals surface area (Å²) in [6.45, 7) is 13.3. The molecular weight excluding hydrogens is 276 g/mol. The van der Waals surface area contributed by atoms with Crippen molar-refractivity contribution in [2.45, 2.75) is 46.3 Å². The van der Waals surface area contributed by atoms with Crippen LogP contribution in [0, 0.1) is 0 Å². The number of carbonyl (C=O) groups excluding carboxylic acids is 1. The summed E-state index contributed by atoms with van der Waals surface area (Å²) in [7, 11) is 0. The molecule has 0 radical (unpaired) electrons. The maximum Gasteiger partial charge on any atom is 0.253 e. The predicted octanol–water partition coefficient (Wildman–Crippen LogP) is 3.84. The lowest BCUT2D eigenvalue weighted by Gasteiger charge is -2.27. The van der Waals surface area contributed by atoms with Crippen LogP contribution in [0.3, 0.4) is 0 Å². The topological polar surface area (TPSA) is 41.6 Å². The molecule has 0 aliphatic rings. The van der Waals surface area contributed by atoms with Crippen molar-refractivity contribution >= 4 is 17.3 Å². The van der Waals surface area contributed by atoms with E-state index in [9.17, 15) is 4.79 Å². The van der Waals surface area contributed by atoms with Crippen LogP contribution in [0.25, 0.3) is 0 Å². The second-order valence-electron chi connectivity index (χ2n) is 5.51. The molecule has 1 rings (SSSR count). The van der Waals surface area contributed by atoms with E-state index in [1.807, 2.05) is 24.3 Å². The fourth-order valence-corrected chi connectivity index (χ4v) is 2.23. The normalized spacial score (nSPS) is 12.0. The highest BCUT2D eigenvalue weighted by Crippen LogP contribution is 2.20. The van der Waals surface area contributed by atoms with Gasteiger partial charge in [-0.15, -0.1) is 6.58 Å². The standard InChI is InChI=1S/C18H28N2O2/c1-6-8-13-22-15(5)18(21)19-16-9-11-17(12-10-16)20(7-2)14(3)4/h6,9-12,14-15H,1,7-8,13H2,2-5H3,(H,19,21). The molecule has 122 valence electrons. The van der Waals surface area contributed by atoms with Crippen molar-refractivity contribution in [2.75, 3.05) is 23.4 Å². The highest BCUT2D eigenvalue weighted by atomic mass is 16.5. The summed E-state index contributed by atoms with van der Waals surface area (Å²) in [5.74, 6) is -0.131. The van der Waals surface area contributed by atoms with E-state index in [0.29, 0.717) is 12.6 Å². The Kier molecular flexibility index (Phi) is 7.67. The number of rotatable bonds is 9. The second-order valence-corrected chi connectivity index (χ2v) is 5.51. The largest absolute Gasteiger partial charge is 0.369 e. The van der Waals surface area contributed by atoms with Crippen molar-refractivity contribution in [3.8, 4) is 0 Å². The van der Waals surface area contributed by atoms with E-state index in [1.165, 1.54) is 0 Å². The summed E-state index contributed by atoms with van der Waals surface area (Å²) in [4.78, 5) is 14.3. The minimum atomic E-state index is -0.470. The number of benzene rings is 1. The van der Waals surface area contributed by atoms with Crippen LogP contribution in [0.15, 0.2) is 36.9 Å². The molecule has 1 unspecified atom stereocenters. The summed E-state index contributed by atoms with van der Waals surface area (Å²) in [5, 5.41) is 2.87. The lowest BCUT2D eigenvalue weighted by Crippen LogP contribution is -2.30. The number of ether oxygens (including phenoxy) is 1. The van der Waals surface area contributed by atoms with Gasteiger partial charge in [-0.2, -0.15) is 0 Å². The second kappa shape index (κ2) is 9.26. The Morgan fingerprint density at radius 2 is 1.95 bits per heavy atom. The lowest BCUT2D eigenvalue weighted by molar-refractivity contribution is -0.126. The Morgan fingerprint density at radius 1 is 1.32 bits per heavy atom. The first-order chi connectivity index (χ1) is 10.5. The highest BCUT2D eigenvalue weighted by Gasteiger charge is 2.13. The number of nitrogens with zero attached hydrogens (tertiary/aromatic N) is 1. The molecule has 0 fully saturated rings. The molecule has 1 aromatic carbocycles. The van der Waals surface area contributed by atoms with Gasteiger partial charge >= 0.3 is 0 Å². The van der Waals surface area contributed by atoms with Crippen LogP contribution in [0.5, 0.6) is 0 Å². The van der Waals surface area contributed by atoms with E-state index in [-0.39, 0.29) is 5.91 Å². The third kappa shape index (κ3) is 5.53. The van der Waals surface area contributed by atoms with E-state index in [4.69, 9.17) is 4.74 Å². The first kappa shape index (κ1) is 18.2. The maximum absolute atomic E-state index is 12.0. The summed E-state index contributed by atoms with van der Waals surface area (Å²) < 4.78 is 5.44. The van der Waals surface area contributed by atoms with Crippen LogP contribution in [0.1, 0.15) is 34.1 Å². The molecule has 0 aliphatic carbocycles. The molecule has 0 heterocycles. The number of amides is 1. The van der Waals surface area contributed by atoms with Gasteiger partial charge in [0, 0.05) is 24.0 Å². The van der Waals surface area contributed by atoms with Gasteiger partial charge in [-0.05, 0) is 58.4 Å². The minimum absolute atomic E-state index is 0.131. The minimum Gasteiger partial charge on any atom is -0.369 e. The maximum atomic E-state index is 12.0. The third-order valence-electron chi connectivity index (χ3n) is 3.49. The summed E-state index contributed by atoms with van der Waals surface area (Å²) in [6, 6.07) is 8.36. The molecule has 1 N–H and O–H groups in total. The van der Waals surface area contributed by atoms with Gasteiger partial charge in [0.2, 0.25) is 0 Å². The number of carbonyl (C=O) groups is 1. The van der Waals surface area contributed by atoms with Crippen LogP contribution < -0.4 is 10.2 Å². The summed E-state index contributed by atoms with van der Waals surface area (Å²) >= 11 is 0. The van der Waals surface area contributed by atoms with Crippen molar-refractivity contribution in [1.29, 1.82) is 0 Å². The predicted molar refractivity (Wildman–Crippen MR) is 93.5 cm³/mol. The van der Waals surface area contributed by atoms with Gasteiger partial charge in [0.05, 0.1) is 6.61 Å². The zero-order valence-electron chi connectivity index (χ0n) is 14.1. The molecule has 4 nitrogen and oxygen atoms in total. The lowest BCUT2D eigenvalue weighted by atomic mass is 10.2. The summed E-state index contributed by atoms with van der Waals surface area (Å²) in [5.41, 5.74) is 1.94. The molecule has 1 aromatic rings. The third-order valence-corrected chi connectivity index (χ3v) is 3.49. The van der Waals surface area contributed by atoms with Gasteiger partial charge in [-0.3, -0.25) is 4.79 Å². The Labute approximate surface area is 134 Å². The molecule has 0 spiro atoms. The number of anilines is 2. The molecule has 0 saturated heterocycles. The number of nitrogens with one attached hydrogen (secondary N) is 1. The zero-order chi connectivity index (χ0) is 16.5. The molecule has 1 amide bonds. The average Bonchev–Trinajstić information content (AvgIpc) is 2.49. The van der Waals surface area contributed by atoms with Gasteiger partial charge in [0.15, 0.2) is 0 Å². The average molecular weight is 304 g/mol. The van der Waals surface area contributed by atoms with Gasteiger partial charge in [0.25, 0.3) is 5.91 Å². The van der Waals surface area contributed by atoms with Crippen LogP contribution in [0.4, 0.5) is 11.4 Å². The first-order valence-corrected chi connectivity index (χ1v) is 7.89. The number of hydrogen-bond acceptors (Lipinski definition) is 3. The van der Waals surface area contributed by atoms with E-state index in [1.54, 1.807) is 13.0 Å². The van der Waals surface area contributed by atoms with E-state index >= 15 is 0 Å². The van der Waals surface area contributed by atoms with Gasteiger partial charge < -0.3 is 15.0 Å². The van der Waals surface area contributed by atoms with Gasteiger partial charge in [-0.25, -0.2) is 0 Å². The van der Waals surface area contributed by atoms with Crippen molar-refractivity contribution in [2.24, 2.45) is 0 Å². The molecule has 0 aliphatic heterocycles. The SMILES string of the molecule is C=CCCOC(C)C(=O)Nc1ccc(N(CC)C(C)C)cc1. The summed E-state index contributed by atoms with van der Waals surface area (Å²) in [6.07, 6.45) is 2.05. The van der Waals surface area contributed by atoms with Crippen molar-refractivity contribution in [3.63, 3.8) is 0 Å². The molecule has 0 aromatic heterocycles. The van der Waals surface area contributed by atoms with Crippen LogP contribution in [-0.4, -0.2) is 31.2 Å². The van der Waals surface area contributed by atoms with Crippen LogP contribution >= 0.6 is 0 Å². The fraction of sp³-hybridized carbons (Fsp3) is 0.500. The highest BCUT2D eigenvalue weighted by molar-refractivity contribution is 5.94. The van der Waals surface area contributed by atoms with E-state index in [2.05, 4.69) is 37.6 Å². The first-order valence-electron chi connectivity index (χ1n) is 7.89. The molecule has 1 atom stereocenters. The van der Waals surface area contributed by atoms with Crippen LogP contribution in [-0.2, 0) is 9.53 Å². The molecule has 22 heavy (non-hydrogen) atoms. The Balaban J connectivity index is 2.60. The van der Waals surface area contributed by atoms with Crippen molar-refractivity contribution < 1.29 is 9.53 Å². The Morgan fingerprint density at radius 3 is 2.45 bits per heavy atom. The Hall–Kier alpha value is -1.81. The van der Waals surface area contributed by atoms with Crippen molar-refractivity contribution in [3.05, 3.63) is 36.9 Å². The zero-order valence-corrected chi connectivity index (χ0v) is 14.1. The molecule has 0 bridgehead atoms. The molecule has 4 heteroatoms. The van der Waals surface area contributed by atoms with E-state index in [0.717, 1.165) is 24.3 Å². The Bertz CT molecular complexity index is 468. The smallest absolute Gasteiger partial charge is 0.253 e.